The summed E-state index contributed by atoms with van der Waals surface area (Å²) in [5.74, 6) is 2.16. The molecule has 0 N–H and O–H groups in total. The van der Waals surface area contributed by atoms with Gasteiger partial charge in [-0.3, -0.25) is 9.69 Å². The molecule has 1 aliphatic heterocycles. The van der Waals surface area contributed by atoms with Crippen LogP contribution in [0.15, 0.2) is 28.7 Å². The molecular weight excluding hydrogens is 261 g/mol. The molecule has 1 atom stereocenters. The Kier molecular flexibility index (Phi) is 2.95. The van der Waals surface area contributed by atoms with E-state index in [9.17, 15) is 9.18 Å². The number of carbonyl (C=O) groups excluding carboxylic acids is 1. The van der Waals surface area contributed by atoms with Gasteiger partial charge in [0, 0.05) is 24.4 Å². The number of terminal acetylenes is 1. The van der Waals surface area contributed by atoms with Crippen LogP contribution < -0.4 is 4.90 Å². The van der Waals surface area contributed by atoms with Crippen molar-refractivity contribution >= 4 is 11.9 Å². The highest BCUT2D eigenvalue weighted by atomic mass is 19.1. The Labute approximate surface area is 114 Å². The first-order chi connectivity index (χ1) is 9.67. The number of aromatic nitrogens is 2. The van der Waals surface area contributed by atoms with Crippen LogP contribution in [0.2, 0.25) is 0 Å². The van der Waals surface area contributed by atoms with E-state index in [-0.39, 0.29) is 36.0 Å². The third-order valence-electron chi connectivity index (χ3n) is 3.10. The first-order valence-corrected chi connectivity index (χ1v) is 6.03. The van der Waals surface area contributed by atoms with Gasteiger partial charge in [0.05, 0.1) is 0 Å². The Balaban J connectivity index is 1.86. The van der Waals surface area contributed by atoms with Gasteiger partial charge in [0.2, 0.25) is 11.8 Å². The van der Waals surface area contributed by atoms with E-state index >= 15 is 0 Å². The molecule has 0 saturated carbocycles. The number of amides is 1. The van der Waals surface area contributed by atoms with Gasteiger partial charge in [-0.1, -0.05) is 5.10 Å². The summed E-state index contributed by atoms with van der Waals surface area (Å²) in [6.07, 6.45) is 5.60. The van der Waals surface area contributed by atoms with Crippen molar-refractivity contribution in [2.45, 2.75) is 6.42 Å². The SMILES string of the molecule is C#CC1CC(=O)N(c2nnc(-c3ccc(F)cc3)o2)C1. The summed E-state index contributed by atoms with van der Waals surface area (Å²) < 4.78 is 18.3. The van der Waals surface area contributed by atoms with E-state index in [4.69, 9.17) is 10.8 Å². The quantitative estimate of drug-likeness (QED) is 0.782. The summed E-state index contributed by atoms with van der Waals surface area (Å²) in [5.41, 5.74) is 0.588. The van der Waals surface area contributed by atoms with Gasteiger partial charge in [-0.2, -0.15) is 0 Å². The molecule has 1 aromatic carbocycles. The lowest BCUT2D eigenvalue weighted by atomic mass is 10.1. The molecule has 1 aromatic heterocycles. The topological polar surface area (TPSA) is 59.2 Å². The molecule has 0 bridgehead atoms. The highest BCUT2D eigenvalue weighted by Crippen LogP contribution is 2.26. The van der Waals surface area contributed by atoms with Crippen LogP contribution in [0, 0.1) is 24.1 Å². The van der Waals surface area contributed by atoms with Crippen molar-refractivity contribution in [3.05, 3.63) is 30.1 Å². The zero-order valence-corrected chi connectivity index (χ0v) is 10.4. The average Bonchev–Trinajstić information content (AvgIpc) is 3.06. The van der Waals surface area contributed by atoms with Crippen LogP contribution in [-0.2, 0) is 4.79 Å². The summed E-state index contributed by atoms with van der Waals surface area (Å²) in [7, 11) is 0. The van der Waals surface area contributed by atoms with Gasteiger partial charge in [0.1, 0.15) is 5.82 Å². The number of hydrogen-bond donors (Lipinski definition) is 0. The molecule has 2 aromatic rings. The van der Waals surface area contributed by atoms with Crippen molar-refractivity contribution in [3.63, 3.8) is 0 Å². The number of carbonyl (C=O) groups is 1. The van der Waals surface area contributed by atoms with E-state index < -0.39 is 0 Å². The first-order valence-electron chi connectivity index (χ1n) is 6.03. The predicted molar refractivity (Wildman–Crippen MR) is 69.0 cm³/mol. The molecule has 0 aliphatic carbocycles. The molecule has 1 fully saturated rings. The molecule has 1 saturated heterocycles. The Bertz CT molecular complexity index is 687. The molecule has 6 heteroatoms. The maximum Gasteiger partial charge on any atom is 0.325 e. The maximum absolute atomic E-state index is 12.8. The minimum atomic E-state index is -0.347. The largest absolute Gasteiger partial charge is 0.403 e. The average molecular weight is 271 g/mol. The fourth-order valence-electron chi connectivity index (χ4n) is 2.04. The molecule has 1 unspecified atom stereocenters. The van der Waals surface area contributed by atoms with E-state index in [1.54, 1.807) is 0 Å². The summed E-state index contributed by atoms with van der Waals surface area (Å²) >= 11 is 0. The number of nitrogens with zero attached hydrogens (tertiary/aromatic N) is 3. The smallest absolute Gasteiger partial charge is 0.325 e. The molecular formula is C14H10FN3O2. The molecule has 20 heavy (non-hydrogen) atoms. The van der Waals surface area contributed by atoms with Gasteiger partial charge in [0.15, 0.2) is 0 Å². The number of benzene rings is 1. The zero-order valence-electron chi connectivity index (χ0n) is 10.4. The third-order valence-corrected chi connectivity index (χ3v) is 3.10. The highest BCUT2D eigenvalue weighted by molar-refractivity contribution is 5.94. The van der Waals surface area contributed by atoms with Crippen molar-refractivity contribution in [2.75, 3.05) is 11.4 Å². The Morgan fingerprint density at radius 2 is 2.10 bits per heavy atom. The standard InChI is InChI=1S/C14H10FN3O2/c1-2-9-7-12(19)18(8-9)14-17-16-13(20-14)10-3-5-11(15)6-4-10/h1,3-6,9H,7-8H2. The minimum Gasteiger partial charge on any atom is -0.403 e. The van der Waals surface area contributed by atoms with Crippen LogP contribution in [0.25, 0.3) is 11.5 Å². The fraction of sp³-hybridized carbons (Fsp3) is 0.214. The van der Waals surface area contributed by atoms with Gasteiger partial charge in [-0.15, -0.1) is 17.4 Å². The van der Waals surface area contributed by atoms with E-state index in [2.05, 4.69) is 16.1 Å². The number of halogens is 1. The molecule has 5 nitrogen and oxygen atoms in total. The van der Waals surface area contributed by atoms with Crippen LogP contribution in [0.4, 0.5) is 10.4 Å². The lowest BCUT2D eigenvalue weighted by Crippen LogP contribution is -2.24. The minimum absolute atomic E-state index is 0.118. The van der Waals surface area contributed by atoms with Crippen molar-refractivity contribution in [1.82, 2.24) is 10.2 Å². The van der Waals surface area contributed by atoms with Crippen LogP contribution in [0.3, 0.4) is 0 Å². The van der Waals surface area contributed by atoms with Gasteiger partial charge in [0.25, 0.3) is 0 Å². The fourth-order valence-corrected chi connectivity index (χ4v) is 2.04. The lowest BCUT2D eigenvalue weighted by Gasteiger charge is -2.08. The second-order valence-corrected chi connectivity index (χ2v) is 4.47. The lowest BCUT2D eigenvalue weighted by molar-refractivity contribution is -0.117. The highest BCUT2D eigenvalue weighted by Gasteiger charge is 2.32. The van der Waals surface area contributed by atoms with Crippen LogP contribution in [-0.4, -0.2) is 22.6 Å². The third kappa shape index (κ3) is 2.14. The Morgan fingerprint density at radius 3 is 2.75 bits per heavy atom. The van der Waals surface area contributed by atoms with E-state index in [0.717, 1.165) is 0 Å². The molecule has 100 valence electrons. The molecule has 0 spiro atoms. The van der Waals surface area contributed by atoms with Crippen LogP contribution in [0.1, 0.15) is 6.42 Å². The normalized spacial score (nSPS) is 18.3. The van der Waals surface area contributed by atoms with Gasteiger partial charge in [-0.05, 0) is 24.3 Å². The van der Waals surface area contributed by atoms with Crippen molar-refractivity contribution in [2.24, 2.45) is 5.92 Å². The molecule has 3 rings (SSSR count). The monoisotopic (exact) mass is 271 g/mol. The van der Waals surface area contributed by atoms with Crippen molar-refractivity contribution in [3.8, 4) is 23.8 Å². The molecule has 1 aliphatic rings. The maximum atomic E-state index is 12.8. The van der Waals surface area contributed by atoms with Crippen LogP contribution in [0.5, 0.6) is 0 Å². The summed E-state index contributed by atoms with van der Waals surface area (Å²) in [5, 5.41) is 7.70. The van der Waals surface area contributed by atoms with Gasteiger partial charge >= 0.3 is 6.01 Å². The summed E-state index contributed by atoms with van der Waals surface area (Å²) in [6.45, 7) is 0.375. The molecule has 2 heterocycles. The van der Waals surface area contributed by atoms with E-state index in [1.807, 2.05) is 0 Å². The van der Waals surface area contributed by atoms with E-state index in [1.165, 1.54) is 29.2 Å². The van der Waals surface area contributed by atoms with Gasteiger partial charge < -0.3 is 4.42 Å². The number of rotatable bonds is 2. The summed E-state index contributed by atoms with van der Waals surface area (Å²) in [6, 6.07) is 5.78. The van der Waals surface area contributed by atoms with Gasteiger partial charge in [-0.25, -0.2) is 4.39 Å². The van der Waals surface area contributed by atoms with E-state index in [0.29, 0.717) is 12.1 Å². The van der Waals surface area contributed by atoms with Crippen molar-refractivity contribution in [1.29, 1.82) is 0 Å². The Morgan fingerprint density at radius 1 is 1.35 bits per heavy atom. The number of anilines is 1. The first kappa shape index (κ1) is 12.4. The van der Waals surface area contributed by atoms with Crippen molar-refractivity contribution < 1.29 is 13.6 Å². The second kappa shape index (κ2) is 4.78. The predicted octanol–water partition coefficient (Wildman–Crippen LogP) is 1.86. The zero-order chi connectivity index (χ0) is 14.1. The molecule has 0 radical (unpaired) electrons. The van der Waals surface area contributed by atoms with Crippen LogP contribution >= 0.6 is 0 Å². The summed E-state index contributed by atoms with van der Waals surface area (Å²) in [4.78, 5) is 13.2. The second-order valence-electron chi connectivity index (χ2n) is 4.47. The Hall–Kier alpha value is -2.68. The molecule has 1 amide bonds. The number of hydrogen-bond acceptors (Lipinski definition) is 4.